The van der Waals surface area contributed by atoms with Crippen molar-refractivity contribution in [2.75, 3.05) is 10.6 Å². The first-order valence-electron chi connectivity index (χ1n) is 6.53. The third-order valence-electron chi connectivity index (χ3n) is 3.17. The highest BCUT2D eigenvalue weighted by molar-refractivity contribution is 9.10. The van der Waals surface area contributed by atoms with Gasteiger partial charge in [0.25, 0.3) is 0 Å². The minimum Gasteiger partial charge on any atom is -0.332 e. The number of halogens is 1. The van der Waals surface area contributed by atoms with E-state index in [0.29, 0.717) is 5.11 Å². The fraction of sp³-hybridized carbons (Fsp3) is 0.286. The highest BCUT2D eigenvalue weighted by atomic mass is 79.9. The number of benzene rings is 1. The van der Waals surface area contributed by atoms with Gasteiger partial charge in [0.05, 0.1) is 5.69 Å². The molecule has 0 saturated carbocycles. The molecule has 3 rings (SSSR count). The van der Waals surface area contributed by atoms with Crippen molar-refractivity contribution < 1.29 is 0 Å². The largest absolute Gasteiger partial charge is 0.332 e. The third-order valence-corrected chi connectivity index (χ3v) is 4.97. The van der Waals surface area contributed by atoms with Crippen molar-refractivity contribution in [3.63, 3.8) is 0 Å². The lowest BCUT2D eigenvalue weighted by molar-refractivity contribution is 0.683. The maximum Gasteiger partial charge on any atom is 0.189 e. The molecule has 0 saturated heterocycles. The molecule has 1 aromatic carbocycles. The van der Waals surface area contributed by atoms with Crippen LogP contribution in [0.15, 0.2) is 28.7 Å². The highest BCUT2D eigenvalue weighted by Crippen LogP contribution is 2.29. The van der Waals surface area contributed by atoms with Crippen molar-refractivity contribution in [3.05, 3.63) is 39.3 Å². The molecular weight excluding hydrogens is 354 g/mol. The van der Waals surface area contributed by atoms with Gasteiger partial charge >= 0.3 is 0 Å². The lowest BCUT2D eigenvalue weighted by Crippen LogP contribution is -2.18. The summed E-state index contributed by atoms with van der Waals surface area (Å²) in [4.78, 5) is 6.03. The number of hydrogen-bond acceptors (Lipinski definition) is 3. The second-order valence-electron chi connectivity index (χ2n) is 4.68. The molecule has 104 valence electrons. The molecule has 3 nitrogen and oxygen atoms in total. The van der Waals surface area contributed by atoms with Gasteiger partial charge in [-0.3, -0.25) is 0 Å². The average Bonchev–Trinajstić information content (AvgIpc) is 2.83. The Morgan fingerprint density at radius 1 is 1.15 bits per heavy atom. The van der Waals surface area contributed by atoms with Crippen molar-refractivity contribution in [3.8, 4) is 0 Å². The van der Waals surface area contributed by atoms with Gasteiger partial charge in [0.1, 0.15) is 0 Å². The Kier molecular flexibility index (Phi) is 4.33. The quantitative estimate of drug-likeness (QED) is 0.760. The monoisotopic (exact) mass is 367 g/mol. The van der Waals surface area contributed by atoms with E-state index >= 15 is 0 Å². The molecule has 1 aliphatic rings. The lowest BCUT2D eigenvalue weighted by atomic mass is 10.0. The molecule has 0 amide bonds. The second-order valence-corrected chi connectivity index (χ2v) is 7.09. The minimum atomic E-state index is 0.582. The molecular formula is C14H14BrN3S2. The molecule has 20 heavy (non-hydrogen) atoms. The van der Waals surface area contributed by atoms with E-state index in [-0.39, 0.29) is 0 Å². The van der Waals surface area contributed by atoms with Crippen molar-refractivity contribution in [1.82, 2.24) is 4.98 Å². The molecule has 0 aliphatic heterocycles. The number of nitrogens with zero attached hydrogens (tertiary/aromatic N) is 1. The average molecular weight is 368 g/mol. The molecule has 2 N–H and O–H groups in total. The maximum atomic E-state index is 5.32. The molecule has 6 heteroatoms. The topological polar surface area (TPSA) is 37.0 Å². The Labute approximate surface area is 135 Å². The van der Waals surface area contributed by atoms with E-state index in [2.05, 4.69) is 31.5 Å². The van der Waals surface area contributed by atoms with E-state index in [1.807, 2.05) is 24.3 Å². The van der Waals surface area contributed by atoms with Crippen LogP contribution in [0.5, 0.6) is 0 Å². The molecule has 1 aromatic heterocycles. The van der Waals surface area contributed by atoms with Crippen molar-refractivity contribution in [1.29, 1.82) is 0 Å². The van der Waals surface area contributed by atoms with Gasteiger partial charge in [-0.15, -0.1) is 11.3 Å². The van der Waals surface area contributed by atoms with Crippen LogP contribution >= 0.6 is 39.5 Å². The molecule has 1 heterocycles. The van der Waals surface area contributed by atoms with Crippen LogP contribution in [0.1, 0.15) is 23.4 Å². The zero-order chi connectivity index (χ0) is 13.9. The number of hydrogen-bond donors (Lipinski definition) is 2. The summed E-state index contributed by atoms with van der Waals surface area (Å²) in [6, 6.07) is 7.91. The summed E-state index contributed by atoms with van der Waals surface area (Å²) in [6.07, 6.45) is 4.77. The number of rotatable bonds is 2. The molecule has 1 aliphatic carbocycles. The summed E-state index contributed by atoms with van der Waals surface area (Å²) in [5.74, 6) is 0. The van der Waals surface area contributed by atoms with E-state index in [1.165, 1.54) is 23.4 Å². The predicted octanol–water partition coefficient (Wildman–Crippen LogP) is 4.59. The first-order chi connectivity index (χ1) is 9.70. The standard InChI is InChI=1S/C14H14BrN3S2/c15-9-5-7-10(8-6-9)16-13(19)18-14-17-11-3-1-2-4-12(11)20-14/h5-8H,1-4H2,(H2,16,17,18,19). The number of fused-ring (bicyclic) bond motifs is 1. The lowest BCUT2D eigenvalue weighted by Gasteiger charge is -2.08. The summed E-state index contributed by atoms with van der Waals surface area (Å²) in [6.45, 7) is 0. The maximum absolute atomic E-state index is 5.32. The van der Waals surface area contributed by atoms with Gasteiger partial charge in [-0.25, -0.2) is 4.98 Å². The smallest absolute Gasteiger partial charge is 0.189 e. The molecule has 0 unspecified atom stereocenters. The summed E-state index contributed by atoms with van der Waals surface area (Å²) in [5, 5.41) is 7.82. The Hall–Kier alpha value is -0.980. The van der Waals surface area contributed by atoms with E-state index in [0.717, 1.165) is 28.1 Å². The van der Waals surface area contributed by atoms with Crippen molar-refractivity contribution in [2.24, 2.45) is 0 Å². The zero-order valence-corrected chi connectivity index (χ0v) is 14.0. The zero-order valence-electron chi connectivity index (χ0n) is 10.8. The first-order valence-corrected chi connectivity index (χ1v) is 8.54. The number of thiocarbonyl (C=S) groups is 1. The SMILES string of the molecule is S=C(Nc1ccc(Br)cc1)Nc1nc2c(s1)CCCC2. The number of aromatic nitrogens is 1. The van der Waals surface area contributed by atoms with E-state index < -0.39 is 0 Å². The number of anilines is 2. The third kappa shape index (κ3) is 3.37. The van der Waals surface area contributed by atoms with Gasteiger partial charge < -0.3 is 10.6 Å². The first kappa shape index (κ1) is 14.0. The van der Waals surface area contributed by atoms with E-state index in [1.54, 1.807) is 11.3 Å². The van der Waals surface area contributed by atoms with Gasteiger partial charge in [0, 0.05) is 15.0 Å². The van der Waals surface area contributed by atoms with Gasteiger partial charge in [-0.1, -0.05) is 15.9 Å². The van der Waals surface area contributed by atoms with Crippen molar-refractivity contribution >= 4 is 55.4 Å². The Bertz CT molecular complexity index is 598. The van der Waals surface area contributed by atoms with Crippen LogP contribution in [0.25, 0.3) is 0 Å². The summed E-state index contributed by atoms with van der Waals surface area (Å²) >= 11 is 10.5. The van der Waals surface area contributed by atoms with Crippen LogP contribution in [0.4, 0.5) is 10.8 Å². The molecule has 0 bridgehead atoms. The van der Waals surface area contributed by atoms with Crippen LogP contribution in [-0.2, 0) is 12.8 Å². The molecule has 0 radical (unpaired) electrons. The van der Waals surface area contributed by atoms with Gasteiger partial charge in [0.2, 0.25) is 0 Å². The molecule has 0 atom stereocenters. The van der Waals surface area contributed by atoms with E-state index in [4.69, 9.17) is 12.2 Å². The molecule has 2 aromatic rings. The normalized spacial score (nSPS) is 13.7. The number of nitrogens with one attached hydrogen (secondary N) is 2. The number of thiazole rings is 1. The van der Waals surface area contributed by atoms with Crippen LogP contribution in [0.3, 0.4) is 0 Å². The Morgan fingerprint density at radius 3 is 2.65 bits per heavy atom. The summed E-state index contributed by atoms with van der Waals surface area (Å²) < 4.78 is 1.05. The van der Waals surface area contributed by atoms with E-state index in [9.17, 15) is 0 Å². The van der Waals surface area contributed by atoms with Crippen LogP contribution in [0.2, 0.25) is 0 Å². The van der Waals surface area contributed by atoms with Crippen LogP contribution in [-0.4, -0.2) is 10.1 Å². The predicted molar refractivity (Wildman–Crippen MR) is 92.7 cm³/mol. The number of aryl methyl sites for hydroxylation is 2. The van der Waals surface area contributed by atoms with Gasteiger partial charge in [-0.2, -0.15) is 0 Å². The fourth-order valence-electron chi connectivity index (χ4n) is 2.20. The molecule has 0 fully saturated rings. The minimum absolute atomic E-state index is 0.582. The fourth-order valence-corrected chi connectivity index (χ4v) is 3.80. The summed E-state index contributed by atoms with van der Waals surface area (Å²) in [7, 11) is 0. The highest BCUT2D eigenvalue weighted by Gasteiger charge is 2.15. The van der Waals surface area contributed by atoms with Gasteiger partial charge in [0.15, 0.2) is 10.2 Å². The van der Waals surface area contributed by atoms with Gasteiger partial charge in [-0.05, 0) is 62.2 Å². The second kappa shape index (κ2) is 6.20. The summed E-state index contributed by atoms with van der Waals surface area (Å²) in [5.41, 5.74) is 2.21. The molecule has 0 spiro atoms. The van der Waals surface area contributed by atoms with Crippen LogP contribution in [0, 0.1) is 0 Å². The Balaban J connectivity index is 1.63. The van der Waals surface area contributed by atoms with Crippen molar-refractivity contribution in [2.45, 2.75) is 25.7 Å². The Morgan fingerprint density at radius 2 is 1.90 bits per heavy atom. The van der Waals surface area contributed by atoms with Crippen LogP contribution < -0.4 is 10.6 Å².